The highest BCUT2D eigenvalue weighted by molar-refractivity contribution is 7.80. The molecule has 1 aliphatic rings. The minimum Gasteiger partial charge on any atom is -0.451 e. The maximum Gasteiger partial charge on any atom is 0.293 e. The first-order valence-corrected chi connectivity index (χ1v) is 13.3. The number of halogens is 1. The molecule has 1 fully saturated rings. The Labute approximate surface area is 228 Å². The molecule has 2 aromatic carbocycles. The molecule has 0 saturated carbocycles. The molecule has 10 heteroatoms. The predicted octanol–water partition coefficient (Wildman–Crippen LogP) is 5.75. The number of piperazine rings is 1. The zero-order valence-corrected chi connectivity index (χ0v) is 22.0. The van der Waals surface area contributed by atoms with Gasteiger partial charge >= 0.3 is 0 Å². The molecule has 2 amide bonds. The van der Waals surface area contributed by atoms with E-state index in [-0.39, 0.29) is 16.8 Å². The summed E-state index contributed by atoms with van der Waals surface area (Å²) in [5, 5.41) is 8.34. The number of thiophene rings is 1. The zero-order chi connectivity index (χ0) is 25.8. The third kappa shape index (κ3) is 6.02. The van der Waals surface area contributed by atoms with Crippen LogP contribution in [0.1, 0.15) is 20.2 Å². The molecule has 0 bridgehead atoms. The summed E-state index contributed by atoms with van der Waals surface area (Å²) in [7, 11) is 0. The Kier molecular flexibility index (Phi) is 7.55. The summed E-state index contributed by atoms with van der Waals surface area (Å²) in [6, 6.07) is 22.1. The molecule has 2 aromatic heterocycles. The molecule has 0 aliphatic carbocycles. The van der Waals surface area contributed by atoms with E-state index in [9.17, 15) is 9.59 Å². The van der Waals surface area contributed by atoms with Crippen LogP contribution in [0, 0.1) is 0 Å². The van der Waals surface area contributed by atoms with Gasteiger partial charge < -0.3 is 19.5 Å². The number of nitrogens with one attached hydrogen (secondary N) is 2. The average Bonchev–Trinajstić information content (AvgIpc) is 3.62. The molecule has 1 aliphatic heterocycles. The van der Waals surface area contributed by atoms with Crippen molar-refractivity contribution in [3.05, 3.63) is 93.8 Å². The Balaban J connectivity index is 1.12. The summed E-state index contributed by atoms with van der Waals surface area (Å²) < 4.78 is 5.68. The van der Waals surface area contributed by atoms with Crippen molar-refractivity contribution in [3.63, 3.8) is 0 Å². The minimum atomic E-state index is -0.447. The van der Waals surface area contributed by atoms with Crippen molar-refractivity contribution in [1.29, 1.82) is 0 Å². The molecule has 3 heterocycles. The van der Waals surface area contributed by atoms with Crippen molar-refractivity contribution >= 4 is 63.5 Å². The number of hydrogen-bond donors (Lipinski definition) is 2. The van der Waals surface area contributed by atoms with E-state index in [1.807, 2.05) is 58.8 Å². The van der Waals surface area contributed by atoms with Crippen molar-refractivity contribution in [1.82, 2.24) is 10.2 Å². The van der Waals surface area contributed by atoms with Gasteiger partial charge in [-0.2, -0.15) is 0 Å². The largest absolute Gasteiger partial charge is 0.451 e. The van der Waals surface area contributed by atoms with E-state index < -0.39 is 5.91 Å². The summed E-state index contributed by atoms with van der Waals surface area (Å²) >= 11 is 12.8. The number of furan rings is 1. The van der Waals surface area contributed by atoms with Crippen LogP contribution < -0.4 is 15.5 Å². The Morgan fingerprint density at radius 2 is 1.73 bits per heavy atom. The molecule has 4 aromatic rings. The molecule has 188 valence electrons. The van der Waals surface area contributed by atoms with Gasteiger partial charge in [-0.3, -0.25) is 14.9 Å². The van der Waals surface area contributed by atoms with Gasteiger partial charge in [-0.1, -0.05) is 29.8 Å². The van der Waals surface area contributed by atoms with Crippen LogP contribution in [-0.2, 0) is 0 Å². The van der Waals surface area contributed by atoms with Gasteiger partial charge in [0, 0.05) is 48.1 Å². The van der Waals surface area contributed by atoms with Crippen molar-refractivity contribution < 1.29 is 14.0 Å². The standard InChI is InChI=1S/C27H23ClN4O3S2/c28-19-4-1-3-18(17-19)22-10-11-23(35-22)25(33)30-27(36)29-20-6-8-21(9-7-20)31-12-14-32(15-13-31)26(34)24-5-2-16-37-24/h1-11,16-17H,12-15H2,(H2,29,30,33,36). The predicted molar refractivity (Wildman–Crippen MR) is 152 cm³/mol. The number of thiocarbonyl (C=S) groups is 1. The van der Waals surface area contributed by atoms with Crippen molar-refractivity contribution in [2.24, 2.45) is 0 Å². The Morgan fingerprint density at radius 3 is 2.43 bits per heavy atom. The number of carbonyl (C=O) groups excluding carboxylic acids is 2. The van der Waals surface area contributed by atoms with E-state index in [1.54, 1.807) is 24.3 Å². The van der Waals surface area contributed by atoms with E-state index in [2.05, 4.69) is 15.5 Å². The Morgan fingerprint density at radius 1 is 0.946 bits per heavy atom. The highest BCUT2D eigenvalue weighted by atomic mass is 35.5. The first kappa shape index (κ1) is 25.0. The molecule has 0 spiro atoms. The molecule has 37 heavy (non-hydrogen) atoms. The van der Waals surface area contributed by atoms with E-state index >= 15 is 0 Å². The number of benzene rings is 2. The lowest BCUT2D eigenvalue weighted by atomic mass is 10.2. The van der Waals surface area contributed by atoms with Gasteiger partial charge in [-0.15, -0.1) is 11.3 Å². The molecule has 1 saturated heterocycles. The normalized spacial score (nSPS) is 13.3. The lowest BCUT2D eigenvalue weighted by molar-refractivity contribution is 0.0751. The van der Waals surface area contributed by atoms with Crippen LogP contribution in [0.25, 0.3) is 11.3 Å². The van der Waals surface area contributed by atoms with Crippen molar-refractivity contribution in [2.45, 2.75) is 0 Å². The van der Waals surface area contributed by atoms with Gasteiger partial charge in [0.05, 0.1) is 4.88 Å². The van der Waals surface area contributed by atoms with Gasteiger partial charge in [0.2, 0.25) is 0 Å². The average molecular weight is 551 g/mol. The second-order valence-electron chi connectivity index (χ2n) is 8.39. The highest BCUT2D eigenvalue weighted by Gasteiger charge is 2.23. The van der Waals surface area contributed by atoms with Gasteiger partial charge in [0.15, 0.2) is 10.9 Å². The van der Waals surface area contributed by atoms with E-state index in [4.69, 9.17) is 28.2 Å². The lowest BCUT2D eigenvalue weighted by Gasteiger charge is -2.36. The molecule has 0 radical (unpaired) electrons. The van der Waals surface area contributed by atoms with Crippen molar-refractivity contribution in [3.8, 4) is 11.3 Å². The lowest BCUT2D eigenvalue weighted by Crippen LogP contribution is -2.48. The summed E-state index contributed by atoms with van der Waals surface area (Å²) in [6.07, 6.45) is 0. The fourth-order valence-electron chi connectivity index (χ4n) is 4.06. The van der Waals surface area contributed by atoms with Gasteiger partial charge in [-0.05, 0) is 72.2 Å². The number of carbonyl (C=O) groups is 2. The zero-order valence-electron chi connectivity index (χ0n) is 19.6. The number of nitrogens with zero attached hydrogens (tertiary/aromatic N) is 2. The first-order chi connectivity index (χ1) is 18.0. The van der Waals surface area contributed by atoms with Crippen LogP contribution in [0.4, 0.5) is 11.4 Å². The number of amides is 2. The summed E-state index contributed by atoms with van der Waals surface area (Å²) in [5.74, 6) is 0.336. The maximum absolute atomic E-state index is 12.6. The van der Waals surface area contributed by atoms with Gasteiger partial charge in [-0.25, -0.2) is 0 Å². The molecular weight excluding hydrogens is 528 g/mol. The highest BCUT2D eigenvalue weighted by Crippen LogP contribution is 2.25. The minimum absolute atomic E-state index is 0.0972. The van der Waals surface area contributed by atoms with E-state index in [0.29, 0.717) is 23.9 Å². The number of hydrogen-bond acceptors (Lipinski definition) is 6. The molecule has 2 N–H and O–H groups in total. The summed E-state index contributed by atoms with van der Waals surface area (Å²) in [4.78, 5) is 30.1. The summed E-state index contributed by atoms with van der Waals surface area (Å²) in [5.41, 5.74) is 2.59. The summed E-state index contributed by atoms with van der Waals surface area (Å²) in [6.45, 7) is 2.88. The van der Waals surface area contributed by atoms with Crippen LogP contribution >= 0.6 is 35.2 Å². The third-order valence-electron chi connectivity index (χ3n) is 5.96. The molecule has 0 unspecified atom stereocenters. The van der Waals surface area contributed by atoms with Crippen LogP contribution in [0.3, 0.4) is 0 Å². The monoisotopic (exact) mass is 550 g/mol. The van der Waals surface area contributed by atoms with E-state index in [0.717, 1.165) is 34.9 Å². The fourth-order valence-corrected chi connectivity index (χ4v) is 5.15. The van der Waals surface area contributed by atoms with Crippen LogP contribution in [0.2, 0.25) is 5.02 Å². The second kappa shape index (κ2) is 11.2. The van der Waals surface area contributed by atoms with Crippen LogP contribution in [0.15, 0.2) is 82.6 Å². The number of rotatable bonds is 5. The Hall–Kier alpha value is -3.66. The first-order valence-electron chi connectivity index (χ1n) is 11.6. The quantitative estimate of drug-likeness (QED) is 0.308. The molecule has 7 nitrogen and oxygen atoms in total. The number of anilines is 2. The van der Waals surface area contributed by atoms with Crippen LogP contribution in [-0.4, -0.2) is 48.0 Å². The Bertz CT molecular complexity index is 1410. The van der Waals surface area contributed by atoms with Gasteiger partial charge in [0.25, 0.3) is 11.8 Å². The topological polar surface area (TPSA) is 77.8 Å². The smallest absolute Gasteiger partial charge is 0.293 e. The SMILES string of the molecule is O=C(NC(=S)Nc1ccc(N2CCN(C(=O)c3cccs3)CC2)cc1)c1ccc(-c2cccc(Cl)c2)o1. The molecule has 0 atom stereocenters. The third-order valence-corrected chi connectivity index (χ3v) is 7.25. The van der Waals surface area contributed by atoms with Crippen molar-refractivity contribution in [2.75, 3.05) is 36.4 Å². The van der Waals surface area contributed by atoms with E-state index in [1.165, 1.54) is 11.3 Å². The fraction of sp³-hybridized carbons (Fsp3) is 0.148. The molecule has 5 rings (SSSR count). The molecular formula is C27H23ClN4O3S2. The maximum atomic E-state index is 12.6. The van der Waals surface area contributed by atoms with Gasteiger partial charge in [0.1, 0.15) is 5.76 Å². The second-order valence-corrected chi connectivity index (χ2v) is 10.2. The van der Waals surface area contributed by atoms with Crippen LogP contribution in [0.5, 0.6) is 0 Å².